The van der Waals surface area contributed by atoms with Crippen molar-refractivity contribution in [2.45, 2.75) is 26.3 Å². The van der Waals surface area contributed by atoms with Gasteiger partial charge in [0.2, 0.25) is 0 Å². The third kappa shape index (κ3) is 1.57. The molecular formula is C16H18N2. The van der Waals surface area contributed by atoms with Crippen molar-refractivity contribution in [1.82, 2.24) is 0 Å². The maximum Gasteiger partial charge on any atom is 0.0649 e. The van der Waals surface area contributed by atoms with Crippen LogP contribution in [0, 0.1) is 6.92 Å². The van der Waals surface area contributed by atoms with Gasteiger partial charge in [-0.15, -0.1) is 0 Å². The normalized spacial score (nSPS) is 17.9. The molecule has 1 aliphatic rings. The van der Waals surface area contributed by atoms with Crippen LogP contribution in [0.25, 0.3) is 0 Å². The summed E-state index contributed by atoms with van der Waals surface area (Å²) in [5, 5.41) is 0. The fourth-order valence-corrected chi connectivity index (χ4v) is 2.81. The summed E-state index contributed by atoms with van der Waals surface area (Å²) in [6, 6.07) is 15.3. The molecule has 0 amide bonds. The predicted molar refractivity (Wildman–Crippen MR) is 77.3 cm³/mol. The summed E-state index contributed by atoms with van der Waals surface area (Å²) >= 11 is 0. The molecule has 2 aromatic rings. The third-order valence-electron chi connectivity index (χ3n) is 3.77. The quantitative estimate of drug-likeness (QED) is 0.768. The summed E-state index contributed by atoms with van der Waals surface area (Å²) in [4.78, 5) is 2.36. The van der Waals surface area contributed by atoms with Crippen molar-refractivity contribution < 1.29 is 0 Å². The van der Waals surface area contributed by atoms with E-state index >= 15 is 0 Å². The van der Waals surface area contributed by atoms with Gasteiger partial charge in [0.05, 0.1) is 11.4 Å². The summed E-state index contributed by atoms with van der Waals surface area (Å²) in [6.45, 7) is 4.31. The van der Waals surface area contributed by atoms with E-state index in [4.69, 9.17) is 5.73 Å². The topological polar surface area (TPSA) is 29.3 Å². The molecule has 0 radical (unpaired) electrons. The van der Waals surface area contributed by atoms with Crippen LogP contribution < -0.4 is 10.6 Å². The minimum absolute atomic E-state index is 0.464. The Labute approximate surface area is 108 Å². The molecule has 2 aromatic carbocycles. The molecule has 3 rings (SSSR count). The van der Waals surface area contributed by atoms with Crippen LogP contribution in [0.15, 0.2) is 42.5 Å². The van der Waals surface area contributed by atoms with E-state index in [0.29, 0.717) is 6.04 Å². The summed E-state index contributed by atoms with van der Waals surface area (Å²) in [6.07, 6.45) is 1.09. The van der Waals surface area contributed by atoms with Crippen molar-refractivity contribution in [3.63, 3.8) is 0 Å². The molecule has 0 saturated carbocycles. The average molecular weight is 238 g/mol. The highest BCUT2D eigenvalue weighted by molar-refractivity contribution is 5.80. The zero-order valence-corrected chi connectivity index (χ0v) is 10.9. The van der Waals surface area contributed by atoms with E-state index in [0.717, 1.165) is 23.4 Å². The molecule has 0 bridgehead atoms. The van der Waals surface area contributed by atoms with E-state index in [2.05, 4.69) is 61.2 Å². The van der Waals surface area contributed by atoms with Crippen LogP contribution in [0.3, 0.4) is 0 Å². The van der Waals surface area contributed by atoms with Crippen LogP contribution in [-0.4, -0.2) is 6.04 Å². The Morgan fingerprint density at radius 2 is 1.78 bits per heavy atom. The number of aryl methyl sites for hydroxylation is 1. The SMILES string of the molecule is Cc1cccc(N2c3ccccc3CC2C)c1N. The van der Waals surface area contributed by atoms with Crippen LogP contribution >= 0.6 is 0 Å². The van der Waals surface area contributed by atoms with E-state index in [9.17, 15) is 0 Å². The fourth-order valence-electron chi connectivity index (χ4n) is 2.81. The van der Waals surface area contributed by atoms with E-state index in [1.807, 2.05) is 0 Å². The van der Waals surface area contributed by atoms with E-state index in [1.165, 1.54) is 11.3 Å². The van der Waals surface area contributed by atoms with Crippen molar-refractivity contribution in [3.05, 3.63) is 53.6 Å². The van der Waals surface area contributed by atoms with Gasteiger partial charge in [0.1, 0.15) is 0 Å². The van der Waals surface area contributed by atoms with Crippen LogP contribution in [0.4, 0.5) is 17.1 Å². The maximum atomic E-state index is 6.24. The molecule has 2 nitrogen and oxygen atoms in total. The molecule has 1 unspecified atom stereocenters. The molecule has 0 aromatic heterocycles. The van der Waals surface area contributed by atoms with Gasteiger partial charge >= 0.3 is 0 Å². The monoisotopic (exact) mass is 238 g/mol. The minimum atomic E-state index is 0.464. The van der Waals surface area contributed by atoms with Gasteiger partial charge in [-0.3, -0.25) is 0 Å². The number of nitrogen functional groups attached to an aromatic ring is 1. The summed E-state index contributed by atoms with van der Waals surface area (Å²) in [5.74, 6) is 0. The first-order valence-electron chi connectivity index (χ1n) is 6.40. The molecule has 2 heteroatoms. The van der Waals surface area contributed by atoms with Crippen LogP contribution in [0.2, 0.25) is 0 Å². The fraction of sp³-hybridized carbons (Fsp3) is 0.250. The van der Waals surface area contributed by atoms with E-state index < -0.39 is 0 Å². The first kappa shape index (κ1) is 11.1. The molecule has 1 heterocycles. The zero-order chi connectivity index (χ0) is 12.7. The molecule has 0 aliphatic carbocycles. The number of hydrogen-bond acceptors (Lipinski definition) is 2. The van der Waals surface area contributed by atoms with Gasteiger partial charge in [0, 0.05) is 11.7 Å². The van der Waals surface area contributed by atoms with Gasteiger partial charge in [0.15, 0.2) is 0 Å². The summed E-state index contributed by atoms with van der Waals surface area (Å²) in [5.41, 5.74) is 12.1. The molecule has 1 atom stereocenters. The number of nitrogens with zero attached hydrogens (tertiary/aromatic N) is 1. The Hall–Kier alpha value is -1.96. The van der Waals surface area contributed by atoms with Crippen molar-refractivity contribution in [2.24, 2.45) is 0 Å². The van der Waals surface area contributed by atoms with Crippen LogP contribution in [0.1, 0.15) is 18.1 Å². The average Bonchev–Trinajstić information content (AvgIpc) is 2.69. The second-order valence-corrected chi connectivity index (χ2v) is 5.06. The first-order valence-corrected chi connectivity index (χ1v) is 6.40. The molecule has 0 fully saturated rings. The summed E-state index contributed by atoms with van der Waals surface area (Å²) in [7, 11) is 0. The molecule has 0 spiro atoms. The van der Waals surface area contributed by atoms with E-state index in [-0.39, 0.29) is 0 Å². The molecule has 18 heavy (non-hydrogen) atoms. The minimum Gasteiger partial charge on any atom is -0.397 e. The van der Waals surface area contributed by atoms with Crippen LogP contribution in [-0.2, 0) is 6.42 Å². The standard InChI is InChI=1S/C16H18N2/c1-11-6-5-9-15(16(11)17)18-12(2)10-13-7-3-4-8-14(13)18/h3-9,12H,10,17H2,1-2H3. The second kappa shape index (κ2) is 4.05. The van der Waals surface area contributed by atoms with Gasteiger partial charge in [-0.1, -0.05) is 30.3 Å². The Morgan fingerprint density at radius 1 is 1.06 bits per heavy atom. The second-order valence-electron chi connectivity index (χ2n) is 5.06. The lowest BCUT2D eigenvalue weighted by Crippen LogP contribution is -2.24. The summed E-state index contributed by atoms with van der Waals surface area (Å²) < 4.78 is 0. The molecule has 2 N–H and O–H groups in total. The van der Waals surface area contributed by atoms with Crippen molar-refractivity contribution in [2.75, 3.05) is 10.6 Å². The molecule has 92 valence electrons. The Kier molecular flexibility index (Phi) is 2.51. The molecule has 0 saturated heterocycles. The van der Waals surface area contributed by atoms with Gasteiger partial charge < -0.3 is 10.6 Å². The Morgan fingerprint density at radius 3 is 2.61 bits per heavy atom. The maximum absolute atomic E-state index is 6.24. The number of fused-ring (bicyclic) bond motifs is 1. The molecule has 1 aliphatic heterocycles. The number of nitrogens with two attached hydrogens (primary N) is 1. The number of hydrogen-bond donors (Lipinski definition) is 1. The highest BCUT2D eigenvalue weighted by atomic mass is 15.2. The van der Waals surface area contributed by atoms with Crippen molar-refractivity contribution in [3.8, 4) is 0 Å². The van der Waals surface area contributed by atoms with Crippen molar-refractivity contribution in [1.29, 1.82) is 0 Å². The predicted octanol–water partition coefficient (Wildman–Crippen LogP) is 3.66. The van der Waals surface area contributed by atoms with Gasteiger partial charge in [-0.2, -0.15) is 0 Å². The first-order chi connectivity index (χ1) is 8.68. The largest absolute Gasteiger partial charge is 0.397 e. The lowest BCUT2D eigenvalue weighted by Gasteiger charge is -2.27. The third-order valence-corrected chi connectivity index (χ3v) is 3.77. The van der Waals surface area contributed by atoms with Crippen LogP contribution in [0.5, 0.6) is 0 Å². The zero-order valence-electron chi connectivity index (χ0n) is 10.9. The Bertz CT molecular complexity index is 589. The van der Waals surface area contributed by atoms with Gasteiger partial charge in [-0.05, 0) is 43.5 Å². The number of anilines is 3. The number of para-hydroxylation sites is 2. The highest BCUT2D eigenvalue weighted by Crippen LogP contribution is 2.41. The smallest absolute Gasteiger partial charge is 0.0649 e. The Balaban J connectivity index is 2.15. The van der Waals surface area contributed by atoms with E-state index in [1.54, 1.807) is 0 Å². The van der Waals surface area contributed by atoms with Gasteiger partial charge in [-0.25, -0.2) is 0 Å². The number of rotatable bonds is 1. The lowest BCUT2D eigenvalue weighted by molar-refractivity contribution is 0.759. The molecular weight excluding hydrogens is 220 g/mol. The highest BCUT2D eigenvalue weighted by Gasteiger charge is 2.27. The lowest BCUT2D eigenvalue weighted by atomic mass is 10.1. The van der Waals surface area contributed by atoms with Crippen molar-refractivity contribution >= 4 is 17.1 Å². The number of benzene rings is 2. The van der Waals surface area contributed by atoms with Gasteiger partial charge in [0.25, 0.3) is 0 Å².